The fourth-order valence-corrected chi connectivity index (χ4v) is 1.53. The number of carboxylic acid groups (broad SMARTS) is 1. The number of carbonyl (C=O) groups is 1. The van der Waals surface area contributed by atoms with Crippen molar-refractivity contribution in [2.45, 2.75) is 19.1 Å². The van der Waals surface area contributed by atoms with Crippen molar-refractivity contribution in [2.24, 2.45) is 0 Å². The highest BCUT2D eigenvalue weighted by atomic mass is 79.9. The first-order chi connectivity index (χ1) is 7.71. The second-order valence-corrected chi connectivity index (χ2v) is 4.31. The number of halogens is 4. The lowest BCUT2D eigenvalue weighted by molar-refractivity contribution is -0.139. The molecule has 0 saturated heterocycles. The molecule has 0 radical (unpaired) electrons. The highest BCUT2D eigenvalue weighted by Crippen LogP contribution is 2.36. The third-order valence-corrected chi connectivity index (χ3v) is 2.52. The molecule has 2 N–H and O–H groups in total. The molecular weight excluding hydrogens is 303 g/mol. The average molecular weight is 312 g/mol. The molecule has 1 atom stereocenters. The van der Waals surface area contributed by atoms with Crippen molar-refractivity contribution in [2.75, 3.05) is 5.32 Å². The van der Waals surface area contributed by atoms with Crippen LogP contribution in [0.15, 0.2) is 22.7 Å². The van der Waals surface area contributed by atoms with Crippen LogP contribution in [0.5, 0.6) is 0 Å². The molecular formula is C10H9BrF3NO2. The highest BCUT2D eigenvalue weighted by Gasteiger charge is 2.34. The molecule has 0 saturated carbocycles. The number of rotatable bonds is 3. The fraction of sp³-hybridized carbons (Fsp3) is 0.300. The molecule has 0 aromatic heterocycles. The molecule has 0 fully saturated rings. The number of hydrogen-bond donors (Lipinski definition) is 2. The smallest absolute Gasteiger partial charge is 0.418 e. The van der Waals surface area contributed by atoms with Gasteiger partial charge in [0.05, 0.1) is 5.56 Å². The van der Waals surface area contributed by atoms with Crippen LogP contribution in [0.4, 0.5) is 18.9 Å². The molecule has 3 nitrogen and oxygen atoms in total. The third kappa shape index (κ3) is 3.62. The minimum Gasteiger partial charge on any atom is -0.480 e. The van der Waals surface area contributed by atoms with Crippen molar-refractivity contribution in [3.63, 3.8) is 0 Å². The summed E-state index contributed by atoms with van der Waals surface area (Å²) in [7, 11) is 0. The number of nitrogens with one attached hydrogen (secondary N) is 1. The first-order valence-corrected chi connectivity index (χ1v) is 5.37. The van der Waals surface area contributed by atoms with Crippen molar-refractivity contribution in [1.82, 2.24) is 0 Å². The van der Waals surface area contributed by atoms with Gasteiger partial charge >= 0.3 is 12.1 Å². The van der Waals surface area contributed by atoms with Crippen molar-refractivity contribution >= 4 is 27.6 Å². The molecule has 1 unspecified atom stereocenters. The molecule has 0 aliphatic rings. The van der Waals surface area contributed by atoms with Crippen LogP contribution in [-0.2, 0) is 11.0 Å². The summed E-state index contributed by atoms with van der Waals surface area (Å²) < 4.78 is 38.3. The lowest BCUT2D eigenvalue weighted by Gasteiger charge is -2.17. The number of carboxylic acids is 1. The molecule has 7 heteroatoms. The minimum absolute atomic E-state index is 0.254. The summed E-state index contributed by atoms with van der Waals surface area (Å²) >= 11 is 2.94. The topological polar surface area (TPSA) is 49.3 Å². The molecule has 0 spiro atoms. The monoisotopic (exact) mass is 311 g/mol. The van der Waals surface area contributed by atoms with E-state index in [1.165, 1.54) is 19.1 Å². The van der Waals surface area contributed by atoms with Crippen LogP contribution < -0.4 is 5.32 Å². The predicted molar refractivity (Wildman–Crippen MR) is 59.9 cm³/mol. The summed E-state index contributed by atoms with van der Waals surface area (Å²) in [6.45, 7) is 1.27. The van der Waals surface area contributed by atoms with Gasteiger partial charge in [0.1, 0.15) is 6.04 Å². The van der Waals surface area contributed by atoms with Crippen molar-refractivity contribution in [3.8, 4) is 0 Å². The minimum atomic E-state index is -4.54. The molecule has 17 heavy (non-hydrogen) atoms. The summed E-state index contributed by atoms with van der Waals surface area (Å²) in [5, 5.41) is 10.9. The molecule has 1 aromatic carbocycles. The zero-order valence-corrected chi connectivity index (χ0v) is 10.3. The van der Waals surface area contributed by atoms with Gasteiger partial charge in [0, 0.05) is 10.2 Å². The van der Waals surface area contributed by atoms with E-state index in [4.69, 9.17) is 5.11 Å². The second kappa shape index (κ2) is 4.95. The maximum absolute atomic E-state index is 12.7. The van der Waals surface area contributed by atoms with Gasteiger partial charge in [0.25, 0.3) is 0 Å². The van der Waals surface area contributed by atoms with Gasteiger partial charge in [-0.15, -0.1) is 0 Å². The Morgan fingerprint density at radius 3 is 2.53 bits per heavy atom. The van der Waals surface area contributed by atoms with Crippen LogP contribution >= 0.6 is 15.9 Å². The Morgan fingerprint density at radius 1 is 1.47 bits per heavy atom. The van der Waals surface area contributed by atoms with Crippen LogP contribution in [0.25, 0.3) is 0 Å². The van der Waals surface area contributed by atoms with Crippen LogP contribution in [-0.4, -0.2) is 17.1 Å². The highest BCUT2D eigenvalue weighted by molar-refractivity contribution is 9.10. The normalized spacial score (nSPS) is 13.2. The van der Waals surface area contributed by atoms with Gasteiger partial charge < -0.3 is 10.4 Å². The molecule has 0 aliphatic heterocycles. The largest absolute Gasteiger partial charge is 0.480 e. The van der Waals surface area contributed by atoms with Crippen molar-refractivity contribution in [3.05, 3.63) is 28.2 Å². The molecule has 0 heterocycles. The van der Waals surface area contributed by atoms with Crippen LogP contribution in [0.2, 0.25) is 0 Å². The molecule has 0 aliphatic carbocycles. The van der Waals surface area contributed by atoms with E-state index < -0.39 is 23.8 Å². The molecule has 0 bridgehead atoms. The Balaban J connectivity index is 3.11. The van der Waals surface area contributed by atoms with E-state index in [1.807, 2.05) is 0 Å². The van der Waals surface area contributed by atoms with Gasteiger partial charge in [-0.25, -0.2) is 0 Å². The van der Waals surface area contributed by atoms with E-state index in [9.17, 15) is 18.0 Å². The van der Waals surface area contributed by atoms with Crippen molar-refractivity contribution in [1.29, 1.82) is 0 Å². The van der Waals surface area contributed by atoms with Gasteiger partial charge in [-0.3, -0.25) is 4.79 Å². The SMILES string of the molecule is CC(Nc1ccc(Br)cc1C(F)(F)F)C(=O)O. The zero-order valence-electron chi connectivity index (χ0n) is 8.68. The number of hydrogen-bond acceptors (Lipinski definition) is 2. The Kier molecular flexibility index (Phi) is 4.03. The summed E-state index contributed by atoms with van der Waals surface area (Å²) in [5.41, 5.74) is -1.16. The third-order valence-electron chi connectivity index (χ3n) is 2.03. The van der Waals surface area contributed by atoms with Gasteiger partial charge in [0.15, 0.2) is 0 Å². The average Bonchev–Trinajstić information content (AvgIpc) is 2.18. The van der Waals surface area contributed by atoms with E-state index in [-0.39, 0.29) is 10.2 Å². The van der Waals surface area contributed by atoms with Crippen LogP contribution in [0.1, 0.15) is 12.5 Å². The number of alkyl halides is 3. The summed E-state index contributed by atoms with van der Waals surface area (Å²) in [6, 6.07) is 2.40. The summed E-state index contributed by atoms with van der Waals surface area (Å²) in [6.07, 6.45) is -4.54. The van der Waals surface area contributed by atoms with E-state index >= 15 is 0 Å². The van der Waals surface area contributed by atoms with Crippen LogP contribution in [0.3, 0.4) is 0 Å². The Morgan fingerprint density at radius 2 is 2.06 bits per heavy atom. The fourth-order valence-electron chi connectivity index (χ4n) is 1.17. The quantitative estimate of drug-likeness (QED) is 0.900. The Labute approximate surface area is 104 Å². The van der Waals surface area contributed by atoms with E-state index in [0.717, 1.165) is 6.07 Å². The molecule has 0 amide bonds. The van der Waals surface area contributed by atoms with Crippen molar-refractivity contribution < 1.29 is 23.1 Å². The van der Waals surface area contributed by atoms with Gasteiger partial charge in [0.2, 0.25) is 0 Å². The summed E-state index contributed by atoms with van der Waals surface area (Å²) in [4.78, 5) is 10.6. The van der Waals surface area contributed by atoms with Crippen LogP contribution in [0, 0.1) is 0 Å². The second-order valence-electron chi connectivity index (χ2n) is 3.39. The van der Waals surface area contributed by atoms with Gasteiger partial charge in [-0.1, -0.05) is 15.9 Å². The maximum atomic E-state index is 12.7. The Bertz CT molecular complexity index is 434. The number of aliphatic carboxylic acids is 1. The summed E-state index contributed by atoms with van der Waals surface area (Å²) in [5.74, 6) is -1.22. The molecule has 1 aromatic rings. The number of anilines is 1. The predicted octanol–water partition coefficient (Wildman–Crippen LogP) is 3.35. The van der Waals surface area contributed by atoms with Gasteiger partial charge in [-0.2, -0.15) is 13.2 Å². The first kappa shape index (κ1) is 13.8. The first-order valence-electron chi connectivity index (χ1n) is 4.58. The molecule has 94 valence electrons. The number of benzene rings is 1. The van der Waals surface area contributed by atoms with E-state index in [1.54, 1.807) is 0 Å². The van der Waals surface area contributed by atoms with E-state index in [0.29, 0.717) is 0 Å². The van der Waals surface area contributed by atoms with E-state index in [2.05, 4.69) is 21.2 Å². The lowest BCUT2D eigenvalue weighted by Crippen LogP contribution is -2.26. The maximum Gasteiger partial charge on any atom is 0.418 e. The lowest BCUT2D eigenvalue weighted by atomic mass is 10.1. The standard InChI is InChI=1S/C10H9BrF3NO2/c1-5(9(16)17)15-8-3-2-6(11)4-7(8)10(12,13)14/h2-5,15H,1H3,(H,16,17). The van der Waals surface area contributed by atoms with Gasteiger partial charge in [-0.05, 0) is 25.1 Å². The zero-order chi connectivity index (χ0) is 13.2. The molecule has 1 rings (SSSR count). The Hall–Kier alpha value is -1.24.